The van der Waals surface area contributed by atoms with Gasteiger partial charge in [-0.25, -0.2) is 4.98 Å². The van der Waals surface area contributed by atoms with Gasteiger partial charge < -0.3 is 20.5 Å². The average molecular weight is 355 g/mol. The Morgan fingerprint density at radius 3 is 3.00 bits per heavy atom. The van der Waals surface area contributed by atoms with Crippen molar-refractivity contribution in [3.05, 3.63) is 40.8 Å². The summed E-state index contributed by atoms with van der Waals surface area (Å²) in [5.41, 5.74) is 4.77. The minimum Gasteiger partial charge on any atom is -0.395 e. The van der Waals surface area contributed by atoms with E-state index in [4.69, 9.17) is 9.84 Å². The molecule has 7 heteroatoms. The van der Waals surface area contributed by atoms with Gasteiger partial charge in [-0.2, -0.15) is 4.98 Å². The number of aromatic nitrogens is 3. The molecular formula is C19H25N5O2. The van der Waals surface area contributed by atoms with E-state index >= 15 is 0 Å². The zero-order chi connectivity index (χ0) is 17.8. The summed E-state index contributed by atoms with van der Waals surface area (Å²) in [6.45, 7) is 2.63. The van der Waals surface area contributed by atoms with E-state index in [0.717, 1.165) is 37.4 Å². The topological polar surface area (TPSA) is 92.2 Å². The van der Waals surface area contributed by atoms with Crippen molar-refractivity contribution < 1.29 is 9.84 Å². The van der Waals surface area contributed by atoms with E-state index in [1.807, 2.05) is 12.3 Å². The van der Waals surface area contributed by atoms with Gasteiger partial charge in [0.1, 0.15) is 5.82 Å². The van der Waals surface area contributed by atoms with Gasteiger partial charge in [0, 0.05) is 43.6 Å². The molecule has 3 heterocycles. The van der Waals surface area contributed by atoms with E-state index in [1.54, 1.807) is 0 Å². The van der Waals surface area contributed by atoms with Crippen LogP contribution in [0.2, 0.25) is 0 Å². The lowest BCUT2D eigenvalue weighted by Crippen LogP contribution is -2.13. The monoisotopic (exact) mass is 355 g/mol. The van der Waals surface area contributed by atoms with Crippen LogP contribution in [0.5, 0.6) is 0 Å². The van der Waals surface area contributed by atoms with Crippen LogP contribution in [0.15, 0.2) is 18.3 Å². The quantitative estimate of drug-likeness (QED) is 0.698. The summed E-state index contributed by atoms with van der Waals surface area (Å²) < 4.78 is 5.49. The number of aryl methyl sites for hydroxylation is 2. The molecule has 0 saturated carbocycles. The standard InChI is InChI=1S/C19H25N5O2/c25-6-5-20-19-23-17(15-4-7-26-12-15)9-18(24-19)22-11-13-8-14-2-1-3-16(14)21-10-13/h8-10,15,25H,1-7,11-12H2,(H2,20,22,23,24)/t15-/m0/s1. The minimum absolute atomic E-state index is 0.0453. The summed E-state index contributed by atoms with van der Waals surface area (Å²) in [5, 5.41) is 15.5. The lowest BCUT2D eigenvalue weighted by Gasteiger charge is -2.14. The van der Waals surface area contributed by atoms with Crippen molar-refractivity contribution in [3.8, 4) is 0 Å². The Hall–Kier alpha value is -2.25. The summed E-state index contributed by atoms with van der Waals surface area (Å²) in [7, 11) is 0. The van der Waals surface area contributed by atoms with Gasteiger partial charge in [0.25, 0.3) is 0 Å². The van der Waals surface area contributed by atoms with Gasteiger partial charge in [0.15, 0.2) is 0 Å². The summed E-state index contributed by atoms with van der Waals surface area (Å²) in [6.07, 6.45) is 6.36. The molecule has 1 saturated heterocycles. The van der Waals surface area contributed by atoms with E-state index in [2.05, 4.69) is 31.7 Å². The first-order valence-corrected chi connectivity index (χ1v) is 9.34. The van der Waals surface area contributed by atoms with Gasteiger partial charge in [-0.1, -0.05) is 6.07 Å². The molecule has 2 aliphatic rings. The first-order valence-electron chi connectivity index (χ1n) is 9.34. The fourth-order valence-electron chi connectivity index (χ4n) is 3.55. The van der Waals surface area contributed by atoms with Crippen LogP contribution in [0.4, 0.5) is 11.8 Å². The molecule has 0 aromatic carbocycles. The second-order valence-corrected chi connectivity index (χ2v) is 6.87. The van der Waals surface area contributed by atoms with Crippen LogP contribution in [0.3, 0.4) is 0 Å². The minimum atomic E-state index is 0.0453. The highest BCUT2D eigenvalue weighted by Crippen LogP contribution is 2.26. The van der Waals surface area contributed by atoms with Crippen LogP contribution in [0.1, 0.15) is 41.3 Å². The molecule has 3 N–H and O–H groups in total. The average Bonchev–Trinajstić information content (AvgIpc) is 3.35. The molecule has 1 fully saturated rings. The van der Waals surface area contributed by atoms with E-state index in [-0.39, 0.29) is 6.61 Å². The maximum Gasteiger partial charge on any atom is 0.224 e. The fourth-order valence-corrected chi connectivity index (χ4v) is 3.55. The highest BCUT2D eigenvalue weighted by atomic mass is 16.5. The first-order chi connectivity index (χ1) is 12.8. The third-order valence-corrected chi connectivity index (χ3v) is 4.94. The molecule has 138 valence electrons. The van der Waals surface area contributed by atoms with Crippen molar-refractivity contribution in [1.29, 1.82) is 0 Å². The predicted molar refractivity (Wildman–Crippen MR) is 99.4 cm³/mol. The van der Waals surface area contributed by atoms with E-state index in [1.165, 1.54) is 23.2 Å². The molecule has 2 aromatic rings. The van der Waals surface area contributed by atoms with Crippen molar-refractivity contribution in [2.75, 3.05) is 37.0 Å². The van der Waals surface area contributed by atoms with Crippen molar-refractivity contribution in [2.45, 2.75) is 38.1 Å². The van der Waals surface area contributed by atoms with Crippen LogP contribution in [0.25, 0.3) is 0 Å². The second kappa shape index (κ2) is 7.97. The lowest BCUT2D eigenvalue weighted by molar-refractivity contribution is 0.193. The zero-order valence-electron chi connectivity index (χ0n) is 14.9. The van der Waals surface area contributed by atoms with Crippen LogP contribution in [-0.2, 0) is 24.1 Å². The van der Waals surface area contributed by atoms with Gasteiger partial charge in [-0.15, -0.1) is 0 Å². The summed E-state index contributed by atoms with van der Waals surface area (Å²) in [5.74, 6) is 1.62. The zero-order valence-corrected chi connectivity index (χ0v) is 14.9. The predicted octanol–water partition coefficient (Wildman–Crippen LogP) is 1.88. The number of nitrogens with zero attached hydrogens (tertiary/aromatic N) is 3. The number of aliphatic hydroxyl groups is 1. The maximum atomic E-state index is 9.05. The van der Waals surface area contributed by atoms with Gasteiger partial charge >= 0.3 is 0 Å². The highest BCUT2D eigenvalue weighted by molar-refractivity contribution is 5.44. The molecule has 26 heavy (non-hydrogen) atoms. The Morgan fingerprint density at radius 2 is 2.15 bits per heavy atom. The number of nitrogens with one attached hydrogen (secondary N) is 2. The van der Waals surface area contributed by atoms with Crippen LogP contribution in [0, 0.1) is 0 Å². The van der Waals surface area contributed by atoms with Crippen molar-refractivity contribution >= 4 is 11.8 Å². The van der Waals surface area contributed by atoms with E-state index < -0.39 is 0 Å². The van der Waals surface area contributed by atoms with Gasteiger partial charge in [0.2, 0.25) is 5.95 Å². The molecule has 0 spiro atoms. The molecular weight excluding hydrogens is 330 g/mol. The summed E-state index contributed by atoms with van der Waals surface area (Å²) in [6, 6.07) is 4.25. The largest absolute Gasteiger partial charge is 0.395 e. The fraction of sp³-hybridized carbons (Fsp3) is 0.526. The van der Waals surface area contributed by atoms with Crippen LogP contribution >= 0.6 is 0 Å². The van der Waals surface area contributed by atoms with Gasteiger partial charge in [-0.3, -0.25) is 4.98 Å². The molecule has 4 rings (SSSR count). The Labute approximate surface area is 153 Å². The number of hydrogen-bond donors (Lipinski definition) is 3. The van der Waals surface area contributed by atoms with Gasteiger partial charge in [-0.05, 0) is 36.8 Å². The normalized spacial score (nSPS) is 18.7. The number of hydrogen-bond acceptors (Lipinski definition) is 7. The Kier molecular flexibility index (Phi) is 5.26. The van der Waals surface area contributed by atoms with E-state index in [0.29, 0.717) is 31.6 Å². The van der Waals surface area contributed by atoms with Crippen LogP contribution < -0.4 is 10.6 Å². The summed E-state index contributed by atoms with van der Waals surface area (Å²) in [4.78, 5) is 13.7. The SMILES string of the molecule is OCCNc1nc(NCc2cnc3c(c2)CCC3)cc([C@H]2CCOC2)n1. The molecule has 0 unspecified atom stereocenters. The third kappa shape index (κ3) is 3.94. The van der Waals surface area contributed by atoms with Crippen LogP contribution in [-0.4, -0.2) is 46.4 Å². The number of aliphatic hydroxyl groups excluding tert-OH is 1. The number of anilines is 2. The number of pyridine rings is 1. The number of fused-ring (bicyclic) bond motifs is 1. The third-order valence-electron chi connectivity index (χ3n) is 4.94. The molecule has 7 nitrogen and oxygen atoms in total. The lowest BCUT2D eigenvalue weighted by atomic mass is 10.0. The number of ether oxygens (including phenoxy) is 1. The second-order valence-electron chi connectivity index (χ2n) is 6.87. The molecule has 1 atom stereocenters. The number of rotatable bonds is 7. The Balaban J connectivity index is 1.49. The molecule has 0 radical (unpaired) electrons. The molecule has 1 aliphatic carbocycles. The molecule has 0 amide bonds. The van der Waals surface area contributed by atoms with Crippen molar-refractivity contribution in [3.63, 3.8) is 0 Å². The maximum absolute atomic E-state index is 9.05. The Bertz CT molecular complexity index is 762. The highest BCUT2D eigenvalue weighted by Gasteiger charge is 2.21. The molecule has 1 aliphatic heterocycles. The van der Waals surface area contributed by atoms with E-state index in [9.17, 15) is 0 Å². The van der Waals surface area contributed by atoms with Crippen molar-refractivity contribution in [2.24, 2.45) is 0 Å². The molecule has 0 bridgehead atoms. The van der Waals surface area contributed by atoms with Gasteiger partial charge in [0.05, 0.1) is 18.9 Å². The smallest absolute Gasteiger partial charge is 0.224 e. The summed E-state index contributed by atoms with van der Waals surface area (Å²) >= 11 is 0. The molecule has 2 aromatic heterocycles. The van der Waals surface area contributed by atoms with Crippen molar-refractivity contribution in [1.82, 2.24) is 15.0 Å². The Morgan fingerprint density at radius 1 is 1.19 bits per heavy atom. The first kappa shape index (κ1) is 17.2.